The number of hydrogen-bond acceptors (Lipinski definition) is 3. The monoisotopic (exact) mass is 301 g/mol. The Balaban J connectivity index is 2.28. The molecule has 0 aliphatic carbocycles. The highest BCUT2D eigenvalue weighted by molar-refractivity contribution is 6.36. The molecular weight excluding hydrogens is 289 g/mol. The Morgan fingerprint density at radius 3 is 2.74 bits per heavy atom. The summed E-state index contributed by atoms with van der Waals surface area (Å²) in [5.74, 6) is -0.849. The van der Waals surface area contributed by atoms with E-state index in [2.05, 4.69) is 5.32 Å². The van der Waals surface area contributed by atoms with Crippen LogP contribution in [0.15, 0.2) is 18.2 Å². The average molecular weight is 302 g/mol. The third kappa shape index (κ3) is 3.00. The number of hydrogen-bond donors (Lipinski definition) is 2. The first-order chi connectivity index (χ1) is 9.00. The van der Waals surface area contributed by atoms with Gasteiger partial charge in [0.25, 0.3) is 5.91 Å². The highest BCUT2D eigenvalue weighted by Crippen LogP contribution is 2.23. The number of carbonyl (C=O) groups excluding carboxylic acids is 2. The van der Waals surface area contributed by atoms with Gasteiger partial charge in [-0.05, 0) is 18.2 Å². The molecule has 0 radical (unpaired) electrons. The molecule has 1 atom stereocenters. The Hall–Kier alpha value is -1.30. The minimum Gasteiger partial charge on any atom is -0.368 e. The highest BCUT2D eigenvalue weighted by Gasteiger charge is 2.31. The van der Waals surface area contributed by atoms with Gasteiger partial charge in [0, 0.05) is 24.7 Å². The Labute approximate surface area is 120 Å². The molecule has 7 heteroatoms. The van der Waals surface area contributed by atoms with Gasteiger partial charge in [-0.2, -0.15) is 0 Å². The van der Waals surface area contributed by atoms with Crippen molar-refractivity contribution in [2.75, 3.05) is 19.6 Å². The van der Waals surface area contributed by atoms with Crippen molar-refractivity contribution in [2.45, 2.75) is 6.04 Å². The zero-order valence-electron chi connectivity index (χ0n) is 10.0. The molecule has 2 amide bonds. The second kappa shape index (κ2) is 5.77. The summed E-state index contributed by atoms with van der Waals surface area (Å²) < 4.78 is 0. The number of rotatable bonds is 2. The first-order valence-corrected chi connectivity index (χ1v) is 6.52. The average Bonchev–Trinajstić information content (AvgIpc) is 2.38. The molecule has 3 N–H and O–H groups in total. The van der Waals surface area contributed by atoms with Crippen molar-refractivity contribution in [2.24, 2.45) is 5.73 Å². The van der Waals surface area contributed by atoms with Gasteiger partial charge in [0.05, 0.1) is 10.6 Å². The summed E-state index contributed by atoms with van der Waals surface area (Å²) in [6.45, 7) is 1.37. The highest BCUT2D eigenvalue weighted by atomic mass is 35.5. The van der Waals surface area contributed by atoms with Gasteiger partial charge < -0.3 is 16.0 Å². The molecule has 1 aliphatic rings. The third-order valence-electron chi connectivity index (χ3n) is 2.99. The molecule has 0 saturated carbocycles. The topological polar surface area (TPSA) is 75.4 Å². The fourth-order valence-corrected chi connectivity index (χ4v) is 2.51. The zero-order valence-corrected chi connectivity index (χ0v) is 11.5. The van der Waals surface area contributed by atoms with Crippen molar-refractivity contribution >= 4 is 35.0 Å². The standard InChI is InChI=1S/C12H13Cl2N3O2/c13-7-1-2-8(9(14)5-7)12(19)17-4-3-16-6-10(17)11(15)18/h1-2,5,10,16H,3-4,6H2,(H2,15,18). The zero-order chi connectivity index (χ0) is 14.0. The molecular formula is C12H13Cl2N3O2. The minimum atomic E-state index is -0.659. The molecule has 1 fully saturated rings. The molecule has 1 heterocycles. The maximum atomic E-state index is 12.4. The molecule has 2 rings (SSSR count). The molecule has 5 nitrogen and oxygen atoms in total. The number of amides is 2. The number of benzene rings is 1. The van der Waals surface area contributed by atoms with Crippen LogP contribution in [-0.4, -0.2) is 42.4 Å². The van der Waals surface area contributed by atoms with Crippen LogP contribution in [-0.2, 0) is 4.79 Å². The SMILES string of the molecule is NC(=O)C1CNCCN1C(=O)c1ccc(Cl)cc1Cl. The molecule has 1 aliphatic heterocycles. The van der Waals surface area contributed by atoms with Crippen molar-refractivity contribution in [1.82, 2.24) is 10.2 Å². The lowest BCUT2D eigenvalue weighted by Crippen LogP contribution is -2.58. The normalized spacial score (nSPS) is 19.3. The number of primary amides is 1. The van der Waals surface area contributed by atoms with Crippen LogP contribution in [0.25, 0.3) is 0 Å². The number of piperazine rings is 1. The predicted molar refractivity (Wildman–Crippen MR) is 73.4 cm³/mol. The smallest absolute Gasteiger partial charge is 0.256 e. The Kier molecular flexibility index (Phi) is 4.29. The van der Waals surface area contributed by atoms with Gasteiger partial charge in [0.1, 0.15) is 6.04 Å². The van der Waals surface area contributed by atoms with Crippen molar-refractivity contribution in [3.05, 3.63) is 33.8 Å². The van der Waals surface area contributed by atoms with Crippen molar-refractivity contribution in [1.29, 1.82) is 0 Å². The summed E-state index contributed by atoms with van der Waals surface area (Å²) in [7, 11) is 0. The molecule has 0 bridgehead atoms. The van der Waals surface area contributed by atoms with Crippen LogP contribution in [0.5, 0.6) is 0 Å². The van der Waals surface area contributed by atoms with E-state index in [-0.39, 0.29) is 10.9 Å². The van der Waals surface area contributed by atoms with Gasteiger partial charge in [-0.3, -0.25) is 9.59 Å². The lowest BCUT2D eigenvalue weighted by Gasteiger charge is -2.34. The molecule has 1 saturated heterocycles. The largest absolute Gasteiger partial charge is 0.368 e. The van der Waals surface area contributed by atoms with Gasteiger partial charge in [-0.1, -0.05) is 23.2 Å². The molecule has 1 unspecified atom stereocenters. The van der Waals surface area contributed by atoms with E-state index in [0.29, 0.717) is 30.2 Å². The van der Waals surface area contributed by atoms with Crippen LogP contribution in [0.4, 0.5) is 0 Å². The number of nitrogens with zero attached hydrogens (tertiary/aromatic N) is 1. The molecule has 19 heavy (non-hydrogen) atoms. The van der Waals surface area contributed by atoms with Crippen LogP contribution >= 0.6 is 23.2 Å². The van der Waals surface area contributed by atoms with Gasteiger partial charge >= 0.3 is 0 Å². The summed E-state index contributed by atoms with van der Waals surface area (Å²) in [4.78, 5) is 25.2. The summed E-state index contributed by atoms with van der Waals surface area (Å²) >= 11 is 11.8. The Morgan fingerprint density at radius 2 is 2.11 bits per heavy atom. The quantitative estimate of drug-likeness (QED) is 0.852. The van der Waals surface area contributed by atoms with Crippen LogP contribution in [0.3, 0.4) is 0 Å². The maximum absolute atomic E-state index is 12.4. The fraction of sp³-hybridized carbons (Fsp3) is 0.333. The number of halogens is 2. The van der Waals surface area contributed by atoms with Gasteiger partial charge in [-0.25, -0.2) is 0 Å². The van der Waals surface area contributed by atoms with Crippen LogP contribution in [0, 0.1) is 0 Å². The summed E-state index contributed by atoms with van der Waals surface area (Å²) in [6.07, 6.45) is 0. The van der Waals surface area contributed by atoms with E-state index in [1.165, 1.54) is 11.0 Å². The van der Waals surface area contributed by atoms with E-state index in [1.807, 2.05) is 0 Å². The van der Waals surface area contributed by atoms with E-state index < -0.39 is 11.9 Å². The lowest BCUT2D eigenvalue weighted by atomic mass is 10.1. The molecule has 0 spiro atoms. The van der Waals surface area contributed by atoms with E-state index in [0.717, 1.165) is 0 Å². The summed E-state index contributed by atoms with van der Waals surface area (Å²) in [5, 5.41) is 3.74. The lowest BCUT2D eigenvalue weighted by molar-refractivity contribution is -0.122. The van der Waals surface area contributed by atoms with Crippen LogP contribution in [0.2, 0.25) is 10.0 Å². The maximum Gasteiger partial charge on any atom is 0.256 e. The molecule has 0 aromatic heterocycles. The molecule has 102 valence electrons. The first-order valence-electron chi connectivity index (χ1n) is 5.76. The van der Waals surface area contributed by atoms with Crippen molar-refractivity contribution in [3.63, 3.8) is 0 Å². The van der Waals surface area contributed by atoms with Gasteiger partial charge in [-0.15, -0.1) is 0 Å². The number of nitrogens with one attached hydrogen (secondary N) is 1. The third-order valence-corrected chi connectivity index (χ3v) is 3.54. The van der Waals surface area contributed by atoms with E-state index in [9.17, 15) is 9.59 Å². The number of carbonyl (C=O) groups is 2. The first kappa shape index (κ1) is 14.1. The molecule has 1 aromatic carbocycles. The van der Waals surface area contributed by atoms with Gasteiger partial charge in [0.15, 0.2) is 0 Å². The van der Waals surface area contributed by atoms with Crippen LogP contribution < -0.4 is 11.1 Å². The second-order valence-electron chi connectivity index (χ2n) is 4.25. The predicted octanol–water partition coefficient (Wildman–Crippen LogP) is 0.893. The Morgan fingerprint density at radius 1 is 1.37 bits per heavy atom. The van der Waals surface area contributed by atoms with E-state index in [4.69, 9.17) is 28.9 Å². The number of nitrogens with two attached hydrogens (primary N) is 1. The second-order valence-corrected chi connectivity index (χ2v) is 5.09. The van der Waals surface area contributed by atoms with E-state index in [1.54, 1.807) is 12.1 Å². The minimum absolute atomic E-state index is 0.263. The Bertz CT molecular complexity index is 522. The van der Waals surface area contributed by atoms with Crippen molar-refractivity contribution in [3.8, 4) is 0 Å². The summed E-state index contributed by atoms with van der Waals surface area (Å²) in [5.41, 5.74) is 5.63. The summed E-state index contributed by atoms with van der Waals surface area (Å²) in [6, 6.07) is 3.97. The van der Waals surface area contributed by atoms with Crippen LogP contribution in [0.1, 0.15) is 10.4 Å². The van der Waals surface area contributed by atoms with E-state index >= 15 is 0 Å². The molecule has 1 aromatic rings. The van der Waals surface area contributed by atoms with Gasteiger partial charge in [0.2, 0.25) is 5.91 Å². The fourth-order valence-electron chi connectivity index (χ4n) is 2.02. The van der Waals surface area contributed by atoms with Crippen molar-refractivity contribution < 1.29 is 9.59 Å².